The van der Waals surface area contributed by atoms with Crippen molar-refractivity contribution in [2.24, 2.45) is 0 Å². The van der Waals surface area contributed by atoms with Crippen LogP contribution >= 0.6 is 45.2 Å². The SMILES string of the molecule is COC(=O)C(I)=CI. The first-order chi connectivity index (χ1) is 3.72. The van der Waals surface area contributed by atoms with Crippen LogP contribution in [-0.2, 0) is 9.53 Å². The molecule has 0 unspecified atom stereocenters. The Morgan fingerprint density at radius 3 is 2.38 bits per heavy atom. The van der Waals surface area contributed by atoms with E-state index in [9.17, 15) is 4.79 Å². The molecule has 0 N–H and O–H groups in total. The third-order valence-electron chi connectivity index (χ3n) is 0.476. The molecule has 46 valence electrons. The van der Waals surface area contributed by atoms with Gasteiger partial charge < -0.3 is 4.74 Å². The molecule has 0 radical (unpaired) electrons. The summed E-state index contributed by atoms with van der Waals surface area (Å²) in [7, 11) is 1.36. The van der Waals surface area contributed by atoms with Crippen LogP contribution in [0.25, 0.3) is 0 Å². The molecule has 8 heavy (non-hydrogen) atoms. The Morgan fingerprint density at radius 2 is 2.25 bits per heavy atom. The van der Waals surface area contributed by atoms with Gasteiger partial charge >= 0.3 is 5.97 Å². The average molecular weight is 338 g/mol. The van der Waals surface area contributed by atoms with E-state index in [-0.39, 0.29) is 5.97 Å². The molecule has 4 heteroatoms. The first kappa shape index (κ1) is 8.67. The monoisotopic (exact) mass is 338 g/mol. The van der Waals surface area contributed by atoms with Gasteiger partial charge in [0, 0.05) is 0 Å². The summed E-state index contributed by atoms with van der Waals surface area (Å²) in [5.74, 6) is -0.278. The fraction of sp³-hybridized carbons (Fsp3) is 0.250. The summed E-state index contributed by atoms with van der Waals surface area (Å²) >= 11 is 3.89. The van der Waals surface area contributed by atoms with Crippen molar-refractivity contribution < 1.29 is 9.53 Å². The lowest BCUT2D eigenvalue weighted by Crippen LogP contribution is -1.97. The van der Waals surface area contributed by atoms with E-state index in [1.165, 1.54) is 7.11 Å². The number of methoxy groups -OCH3 is 1. The van der Waals surface area contributed by atoms with E-state index in [1.54, 1.807) is 4.08 Å². The molecule has 0 bridgehead atoms. The second-order valence-electron chi connectivity index (χ2n) is 0.949. The molecule has 0 aromatic heterocycles. The first-order valence-corrected chi connectivity index (χ1v) is 4.09. The second kappa shape index (κ2) is 4.54. The first-order valence-electron chi connectivity index (χ1n) is 1.76. The summed E-state index contributed by atoms with van der Waals surface area (Å²) in [6.07, 6.45) is 0. The maximum Gasteiger partial charge on any atom is 0.344 e. The van der Waals surface area contributed by atoms with Crippen LogP contribution in [0.3, 0.4) is 0 Å². The molecule has 0 aliphatic heterocycles. The zero-order valence-corrected chi connectivity index (χ0v) is 8.46. The maximum atomic E-state index is 10.4. The zero-order valence-electron chi connectivity index (χ0n) is 4.15. The number of esters is 1. The predicted molar refractivity (Wildman–Crippen MR) is 48.1 cm³/mol. The number of hydrogen-bond donors (Lipinski definition) is 0. The number of halogens is 2. The molecule has 0 aromatic carbocycles. The average Bonchev–Trinajstić information content (AvgIpc) is 1.84. The molecule has 0 aliphatic carbocycles. The van der Waals surface area contributed by atoms with Gasteiger partial charge in [0.1, 0.15) is 3.58 Å². The van der Waals surface area contributed by atoms with Crippen LogP contribution < -0.4 is 0 Å². The van der Waals surface area contributed by atoms with Crippen molar-refractivity contribution in [2.45, 2.75) is 0 Å². The van der Waals surface area contributed by atoms with Gasteiger partial charge in [-0.25, -0.2) is 4.79 Å². The minimum atomic E-state index is -0.278. The summed E-state index contributed by atoms with van der Waals surface area (Å²) in [5.41, 5.74) is 0. The van der Waals surface area contributed by atoms with E-state index < -0.39 is 0 Å². The molecule has 0 rings (SSSR count). The minimum absolute atomic E-state index is 0.278. The van der Waals surface area contributed by atoms with Crippen LogP contribution in [0.15, 0.2) is 7.66 Å². The second-order valence-corrected chi connectivity index (χ2v) is 2.73. The molecule has 0 spiro atoms. The van der Waals surface area contributed by atoms with Crippen molar-refractivity contribution in [1.29, 1.82) is 0 Å². The summed E-state index contributed by atoms with van der Waals surface area (Å²) in [5, 5.41) is 0. The van der Waals surface area contributed by atoms with Crippen molar-refractivity contribution in [3.05, 3.63) is 7.66 Å². The highest BCUT2D eigenvalue weighted by atomic mass is 127. The molecule has 0 fully saturated rings. The zero-order chi connectivity index (χ0) is 6.57. The Bertz CT molecular complexity index is 119. The van der Waals surface area contributed by atoms with Crippen molar-refractivity contribution in [3.63, 3.8) is 0 Å². The van der Waals surface area contributed by atoms with Gasteiger partial charge in [-0.1, -0.05) is 22.6 Å². The smallest absolute Gasteiger partial charge is 0.344 e. The van der Waals surface area contributed by atoms with Crippen molar-refractivity contribution in [2.75, 3.05) is 7.11 Å². The molecule has 0 atom stereocenters. The number of carbonyl (C=O) groups excluding carboxylic acids is 1. The van der Waals surface area contributed by atoms with E-state index >= 15 is 0 Å². The van der Waals surface area contributed by atoms with Crippen molar-refractivity contribution >= 4 is 51.2 Å². The highest BCUT2D eigenvalue weighted by molar-refractivity contribution is 14.1. The highest BCUT2D eigenvalue weighted by Crippen LogP contribution is 2.09. The molecular weight excluding hydrogens is 334 g/mol. The van der Waals surface area contributed by atoms with E-state index in [4.69, 9.17) is 0 Å². The lowest BCUT2D eigenvalue weighted by atomic mass is 10.7. The number of hydrogen-bond acceptors (Lipinski definition) is 2. The van der Waals surface area contributed by atoms with Crippen LogP contribution in [0.1, 0.15) is 0 Å². The van der Waals surface area contributed by atoms with Gasteiger partial charge in [0.2, 0.25) is 0 Å². The van der Waals surface area contributed by atoms with Gasteiger partial charge in [0.05, 0.1) is 7.11 Å². The van der Waals surface area contributed by atoms with Gasteiger partial charge in [-0.3, -0.25) is 0 Å². The van der Waals surface area contributed by atoms with Gasteiger partial charge in [-0.15, -0.1) is 0 Å². The highest BCUT2D eigenvalue weighted by Gasteiger charge is 2.01. The van der Waals surface area contributed by atoms with E-state index in [1.807, 2.05) is 45.2 Å². The predicted octanol–water partition coefficient (Wildman–Crippen LogP) is 1.87. The molecule has 2 nitrogen and oxygen atoms in total. The largest absolute Gasteiger partial charge is 0.465 e. The van der Waals surface area contributed by atoms with Gasteiger partial charge in [-0.2, -0.15) is 0 Å². The molecule has 0 heterocycles. The molecule has 0 aromatic rings. The van der Waals surface area contributed by atoms with Crippen LogP contribution in [0.5, 0.6) is 0 Å². The Kier molecular flexibility index (Phi) is 4.92. The van der Waals surface area contributed by atoms with Crippen LogP contribution in [0, 0.1) is 0 Å². The number of rotatable bonds is 1. The normalized spacial score (nSPS) is 11.1. The Labute approximate surface area is 74.9 Å². The third kappa shape index (κ3) is 2.85. The minimum Gasteiger partial charge on any atom is -0.465 e. The fourth-order valence-electron chi connectivity index (χ4n) is 0.142. The lowest BCUT2D eigenvalue weighted by Gasteiger charge is -1.91. The number of ether oxygens (including phenoxy) is 1. The quantitative estimate of drug-likeness (QED) is 0.415. The molecule has 0 saturated carbocycles. The fourth-order valence-corrected chi connectivity index (χ4v) is 0.617. The van der Waals surface area contributed by atoms with Crippen molar-refractivity contribution in [1.82, 2.24) is 0 Å². The topological polar surface area (TPSA) is 26.3 Å². The Balaban J connectivity index is 3.83. The maximum absolute atomic E-state index is 10.4. The van der Waals surface area contributed by atoms with E-state index in [2.05, 4.69) is 4.74 Å². The standard InChI is InChI=1S/C4H4I2O2/c1-8-4(7)3(6)2-5/h2H,1H3. The molecule has 0 amide bonds. The summed E-state index contributed by atoms with van der Waals surface area (Å²) in [6, 6.07) is 0. The summed E-state index contributed by atoms with van der Waals surface area (Å²) < 4.78 is 6.66. The van der Waals surface area contributed by atoms with Gasteiger partial charge in [0.15, 0.2) is 0 Å². The molecule has 0 aliphatic rings. The molecular formula is C4H4I2O2. The van der Waals surface area contributed by atoms with Crippen LogP contribution in [0.2, 0.25) is 0 Å². The van der Waals surface area contributed by atoms with Crippen LogP contribution in [0.4, 0.5) is 0 Å². The summed E-state index contributed by atoms with van der Waals surface area (Å²) in [6.45, 7) is 0. The Hall–Kier alpha value is 0.670. The van der Waals surface area contributed by atoms with Gasteiger partial charge in [-0.05, 0) is 26.7 Å². The Morgan fingerprint density at radius 1 is 1.75 bits per heavy atom. The van der Waals surface area contributed by atoms with E-state index in [0.29, 0.717) is 3.58 Å². The molecule has 0 saturated heterocycles. The number of carbonyl (C=O) groups is 1. The summed E-state index contributed by atoms with van der Waals surface area (Å²) in [4.78, 5) is 10.4. The van der Waals surface area contributed by atoms with E-state index in [0.717, 1.165) is 0 Å². The van der Waals surface area contributed by atoms with Gasteiger partial charge in [0.25, 0.3) is 0 Å². The third-order valence-corrected chi connectivity index (χ3v) is 3.04. The van der Waals surface area contributed by atoms with Crippen LogP contribution in [-0.4, -0.2) is 13.1 Å². The van der Waals surface area contributed by atoms with Crippen molar-refractivity contribution in [3.8, 4) is 0 Å². The lowest BCUT2D eigenvalue weighted by molar-refractivity contribution is -0.135.